The Morgan fingerprint density at radius 3 is 2.92 bits per heavy atom. The summed E-state index contributed by atoms with van der Waals surface area (Å²) >= 11 is 0. The zero-order valence-electron chi connectivity index (χ0n) is 15.0. The molecule has 2 aromatic heterocycles. The average molecular weight is 349 g/mol. The number of nitrogens with zero attached hydrogens (tertiary/aromatic N) is 4. The van der Waals surface area contributed by atoms with E-state index in [0.717, 1.165) is 56.8 Å². The Labute approximate surface area is 152 Å². The van der Waals surface area contributed by atoms with Crippen molar-refractivity contribution in [2.24, 2.45) is 0 Å². The molecule has 0 fully saturated rings. The van der Waals surface area contributed by atoms with Crippen LogP contribution in [-0.4, -0.2) is 41.3 Å². The van der Waals surface area contributed by atoms with Crippen molar-refractivity contribution in [1.29, 1.82) is 0 Å². The first kappa shape index (κ1) is 15.6. The topological polar surface area (TPSA) is 54.7 Å². The quantitative estimate of drug-likeness (QED) is 0.767. The van der Waals surface area contributed by atoms with E-state index in [1.807, 2.05) is 16.8 Å². The van der Waals surface area contributed by atoms with Crippen LogP contribution in [0.15, 0.2) is 30.5 Å². The molecule has 0 saturated heterocycles. The molecule has 3 aromatic rings. The van der Waals surface area contributed by atoms with E-state index in [2.05, 4.69) is 33.5 Å². The largest absolute Gasteiger partial charge is 0.497 e. The number of nitrogens with one attached hydrogen (secondary N) is 1. The van der Waals surface area contributed by atoms with E-state index in [0.29, 0.717) is 0 Å². The zero-order valence-corrected chi connectivity index (χ0v) is 15.0. The number of aromatic nitrogens is 3. The number of methoxy groups -OCH3 is 1. The molecule has 5 rings (SSSR count). The van der Waals surface area contributed by atoms with E-state index in [1.54, 1.807) is 7.11 Å². The monoisotopic (exact) mass is 349 g/mol. The summed E-state index contributed by atoms with van der Waals surface area (Å²) in [6, 6.07) is 8.43. The fraction of sp³-hybridized carbons (Fsp3) is 0.400. The predicted octanol–water partition coefficient (Wildman–Crippen LogP) is 1.99. The van der Waals surface area contributed by atoms with Crippen LogP contribution in [-0.2, 0) is 25.8 Å². The minimum Gasteiger partial charge on any atom is -0.497 e. The van der Waals surface area contributed by atoms with Gasteiger partial charge in [-0.2, -0.15) is 9.61 Å². The summed E-state index contributed by atoms with van der Waals surface area (Å²) in [5.41, 5.74) is 6.27. The highest BCUT2D eigenvalue weighted by atomic mass is 16.5. The van der Waals surface area contributed by atoms with E-state index < -0.39 is 0 Å². The molecule has 26 heavy (non-hydrogen) atoms. The molecule has 134 valence electrons. The number of rotatable bonds is 2. The molecular formula is C20H23N5O. The van der Waals surface area contributed by atoms with Gasteiger partial charge in [0.25, 0.3) is 0 Å². The molecule has 6 heteroatoms. The Hall–Kier alpha value is -2.60. The molecule has 4 heterocycles. The Balaban J connectivity index is 1.60. The van der Waals surface area contributed by atoms with Gasteiger partial charge in [0, 0.05) is 37.7 Å². The lowest BCUT2D eigenvalue weighted by Crippen LogP contribution is -2.33. The van der Waals surface area contributed by atoms with Crippen molar-refractivity contribution in [2.45, 2.75) is 25.8 Å². The van der Waals surface area contributed by atoms with Gasteiger partial charge in [0.2, 0.25) is 0 Å². The fourth-order valence-electron chi connectivity index (χ4n) is 4.18. The van der Waals surface area contributed by atoms with Gasteiger partial charge in [-0.25, -0.2) is 4.98 Å². The minimum atomic E-state index is 0.901. The molecule has 0 saturated carbocycles. The van der Waals surface area contributed by atoms with Crippen LogP contribution in [0.25, 0.3) is 5.65 Å². The third-order valence-corrected chi connectivity index (χ3v) is 5.51. The van der Waals surface area contributed by atoms with Gasteiger partial charge in [-0.15, -0.1) is 0 Å². The molecular weight excluding hydrogens is 326 g/mol. The summed E-state index contributed by atoms with van der Waals surface area (Å²) in [4.78, 5) is 7.35. The molecule has 0 spiro atoms. The lowest BCUT2D eigenvalue weighted by atomic mass is 9.98. The van der Waals surface area contributed by atoms with Gasteiger partial charge in [0.15, 0.2) is 5.65 Å². The molecule has 0 bridgehead atoms. The minimum absolute atomic E-state index is 0.901. The maximum Gasteiger partial charge on any atom is 0.157 e. The first-order valence-electron chi connectivity index (χ1n) is 9.30. The highest BCUT2D eigenvalue weighted by molar-refractivity contribution is 5.59. The Kier molecular flexibility index (Phi) is 3.78. The first-order chi connectivity index (χ1) is 12.8. The standard InChI is InChI=1S/C20H23N5O/c1-26-16-3-2-15-13-24(11-7-14(15)12-16)20-17-4-8-21-9-5-18(17)23-19-6-10-22-25(19)20/h2-3,6,10,12,21H,4-5,7-9,11,13H2,1H3. The maximum absolute atomic E-state index is 5.38. The third kappa shape index (κ3) is 2.52. The Bertz CT molecular complexity index is 964. The molecule has 6 nitrogen and oxygen atoms in total. The highest BCUT2D eigenvalue weighted by Gasteiger charge is 2.25. The zero-order chi connectivity index (χ0) is 17.5. The molecule has 0 amide bonds. The van der Waals surface area contributed by atoms with Gasteiger partial charge in [0.05, 0.1) is 19.0 Å². The van der Waals surface area contributed by atoms with E-state index in [4.69, 9.17) is 9.72 Å². The predicted molar refractivity (Wildman–Crippen MR) is 101 cm³/mol. The van der Waals surface area contributed by atoms with Gasteiger partial charge < -0.3 is 15.0 Å². The van der Waals surface area contributed by atoms with Gasteiger partial charge in [-0.05, 0) is 42.6 Å². The molecule has 0 atom stereocenters. The second-order valence-electron chi connectivity index (χ2n) is 7.02. The van der Waals surface area contributed by atoms with Crippen LogP contribution in [0.3, 0.4) is 0 Å². The van der Waals surface area contributed by atoms with Crippen LogP contribution in [0.1, 0.15) is 22.4 Å². The van der Waals surface area contributed by atoms with Crippen molar-refractivity contribution < 1.29 is 4.74 Å². The van der Waals surface area contributed by atoms with Crippen LogP contribution >= 0.6 is 0 Å². The number of anilines is 1. The second-order valence-corrected chi connectivity index (χ2v) is 7.02. The fourth-order valence-corrected chi connectivity index (χ4v) is 4.18. The van der Waals surface area contributed by atoms with Crippen molar-refractivity contribution >= 4 is 11.5 Å². The van der Waals surface area contributed by atoms with Crippen LogP contribution in [0.2, 0.25) is 0 Å². The molecule has 2 aliphatic rings. The molecule has 0 aliphatic carbocycles. The molecule has 0 radical (unpaired) electrons. The maximum atomic E-state index is 5.38. The number of hydrogen-bond acceptors (Lipinski definition) is 5. The lowest BCUT2D eigenvalue weighted by Gasteiger charge is -2.32. The Morgan fingerprint density at radius 1 is 1.08 bits per heavy atom. The van der Waals surface area contributed by atoms with Crippen LogP contribution in [0.5, 0.6) is 5.75 Å². The van der Waals surface area contributed by atoms with Gasteiger partial charge >= 0.3 is 0 Å². The summed E-state index contributed by atoms with van der Waals surface area (Å²) in [7, 11) is 1.73. The van der Waals surface area contributed by atoms with Crippen LogP contribution < -0.4 is 15.0 Å². The second kappa shape index (κ2) is 6.29. The smallest absolute Gasteiger partial charge is 0.157 e. The van der Waals surface area contributed by atoms with E-state index >= 15 is 0 Å². The summed E-state index contributed by atoms with van der Waals surface area (Å²) in [5, 5.41) is 8.09. The van der Waals surface area contributed by atoms with Gasteiger partial charge in [-0.1, -0.05) is 6.07 Å². The molecule has 1 aromatic carbocycles. The van der Waals surface area contributed by atoms with E-state index in [1.165, 1.54) is 28.2 Å². The third-order valence-electron chi connectivity index (χ3n) is 5.51. The molecule has 1 N–H and O–H groups in total. The number of fused-ring (bicyclic) bond motifs is 3. The number of benzene rings is 1. The molecule has 0 unspecified atom stereocenters. The first-order valence-corrected chi connectivity index (χ1v) is 9.30. The Morgan fingerprint density at radius 2 is 2.00 bits per heavy atom. The normalized spacial score (nSPS) is 16.9. The average Bonchev–Trinajstić information content (AvgIpc) is 3.02. The van der Waals surface area contributed by atoms with Gasteiger partial charge in [0.1, 0.15) is 11.6 Å². The highest BCUT2D eigenvalue weighted by Crippen LogP contribution is 2.31. The number of hydrogen-bond donors (Lipinski definition) is 1. The van der Waals surface area contributed by atoms with Crippen LogP contribution in [0, 0.1) is 0 Å². The SMILES string of the molecule is COc1ccc2c(c1)CCN(c1c3c(nc4ccnn14)CCNCC3)C2. The lowest BCUT2D eigenvalue weighted by molar-refractivity contribution is 0.413. The van der Waals surface area contributed by atoms with Crippen molar-refractivity contribution in [3.63, 3.8) is 0 Å². The molecule has 2 aliphatic heterocycles. The number of ether oxygens (including phenoxy) is 1. The summed E-state index contributed by atoms with van der Waals surface area (Å²) in [6.07, 6.45) is 4.85. The summed E-state index contributed by atoms with van der Waals surface area (Å²) in [5.74, 6) is 2.16. The van der Waals surface area contributed by atoms with E-state index in [9.17, 15) is 0 Å². The summed E-state index contributed by atoms with van der Waals surface area (Å²) < 4.78 is 7.41. The van der Waals surface area contributed by atoms with Crippen molar-refractivity contribution in [2.75, 3.05) is 31.6 Å². The van der Waals surface area contributed by atoms with Gasteiger partial charge in [-0.3, -0.25) is 0 Å². The van der Waals surface area contributed by atoms with Crippen molar-refractivity contribution in [3.05, 3.63) is 52.8 Å². The van der Waals surface area contributed by atoms with Crippen LogP contribution in [0.4, 0.5) is 5.82 Å². The van der Waals surface area contributed by atoms with E-state index in [-0.39, 0.29) is 0 Å². The summed E-state index contributed by atoms with van der Waals surface area (Å²) in [6.45, 7) is 3.87. The van der Waals surface area contributed by atoms with Crippen molar-refractivity contribution in [3.8, 4) is 5.75 Å². The van der Waals surface area contributed by atoms with Crippen molar-refractivity contribution in [1.82, 2.24) is 19.9 Å².